The molecule has 1 rings (SSSR count). The van der Waals surface area contributed by atoms with E-state index in [0.717, 1.165) is 11.8 Å². The van der Waals surface area contributed by atoms with Gasteiger partial charge in [-0.3, -0.25) is 0 Å². The highest BCUT2D eigenvalue weighted by Crippen LogP contribution is 2.19. The van der Waals surface area contributed by atoms with E-state index >= 15 is 0 Å². The van der Waals surface area contributed by atoms with Crippen LogP contribution in [0.1, 0.15) is 17.5 Å². The monoisotopic (exact) mass is 257 g/mol. The zero-order valence-corrected chi connectivity index (χ0v) is 9.64. The van der Waals surface area contributed by atoms with E-state index < -0.39 is 0 Å². The highest BCUT2D eigenvalue weighted by molar-refractivity contribution is 9.09. The second-order valence-corrected chi connectivity index (χ2v) is 3.86. The Kier molecular flexibility index (Phi) is 4.14. The molecule has 3 heteroatoms. The van der Waals surface area contributed by atoms with Crippen LogP contribution < -0.4 is 5.73 Å². The van der Waals surface area contributed by atoms with Crippen molar-refractivity contribution in [3.8, 4) is 0 Å². The molecule has 76 valence electrons. The van der Waals surface area contributed by atoms with Crippen molar-refractivity contribution < 1.29 is 4.39 Å². The molecule has 0 radical (unpaired) electrons. The molecule has 0 amide bonds. The summed E-state index contributed by atoms with van der Waals surface area (Å²) in [6.45, 7) is 1.69. The van der Waals surface area contributed by atoms with E-state index in [4.69, 9.17) is 5.73 Å². The summed E-state index contributed by atoms with van der Waals surface area (Å²) >= 11 is 3.30. The highest BCUT2D eigenvalue weighted by Gasteiger charge is 2.04. The van der Waals surface area contributed by atoms with E-state index in [2.05, 4.69) is 15.9 Å². The second kappa shape index (κ2) is 5.15. The van der Waals surface area contributed by atoms with Crippen LogP contribution >= 0.6 is 15.9 Å². The number of rotatable bonds is 3. The predicted octanol–water partition coefficient (Wildman–Crippen LogP) is 3.51. The molecule has 2 N–H and O–H groups in total. The summed E-state index contributed by atoms with van der Waals surface area (Å²) in [5, 5.41) is 0.888. The molecule has 0 fully saturated rings. The van der Waals surface area contributed by atoms with Crippen LogP contribution in [-0.2, 0) is 0 Å². The van der Waals surface area contributed by atoms with Gasteiger partial charge in [0, 0.05) is 22.1 Å². The van der Waals surface area contributed by atoms with Crippen molar-refractivity contribution in [2.75, 3.05) is 11.1 Å². The second-order valence-electron chi connectivity index (χ2n) is 3.06. The molecule has 1 nitrogen and oxygen atoms in total. The van der Waals surface area contributed by atoms with Gasteiger partial charge in [0.05, 0.1) is 0 Å². The Morgan fingerprint density at radius 3 is 2.86 bits per heavy atom. The molecule has 0 saturated carbocycles. The van der Waals surface area contributed by atoms with E-state index in [9.17, 15) is 4.39 Å². The summed E-state index contributed by atoms with van der Waals surface area (Å²) in [6.07, 6.45) is 4.61. The number of alkyl halides is 1. The first-order valence-electron chi connectivity index (χ1n) is 4.44. The fraction of sp³-hybridized carbons (Fsp3) is 0.273. The summed E-state index contributed by atoms with van der Waals surface area (Å²) in [6, 6.07) is 3.43. The molecule has 0 aromatic heterocycles. The van der Waals surface area contributed by atoms with Crippen molar-refractivity contribution >= 4 is 27.7 Å². The Balaban J connectivity index is 2.94. The molecule has 0 aliphatic heterocycles. The lowest BCUT2D eigenvalue weighted by atomic mass is 10.1. The molecule has 1 aromatic rings. The average Bonchev–Trinajstić information content (AvgIpc) is 2.18. The molecule has 0 aliphatic carbocycles. The van der Waals surface area contributed by atoms with Gasteiger partial charge in [-0.25, -0.2) is 4.39 Å². The van der Waals surface area contributed by atoms with Crippen LogP contribution in [0.3, 0.4) is 0 Å². The standard InChI is InChI=1S/C11H13BrFN/c1-8-10(14)6-5-9(11(8)13)4-2-3-7-12/h2,4-6H,3,7,14H2,1H3. The molecule has 0 unspecified atom stereocenters. The quantitative estimate of drug-likeness (QED) is 0.651. The van der Waals surface area contributed by atoms with Crippen molar-refractivity contribution in [2.45, 2.75) is 13.3 Å². The number of hydrogen-bond acceptors (Lipinski definition) is 1. The number of nitrogens with two attached hydrogens (primary N) is 1. The summed E-state index contributed by atoms with van der Waals surface area (Å²) in [4.78, 5) is 0. The first kappa shape index (κ1) is 11.2. The smallest absolute Gasteiger partial charge is 0.135 e. The SMILES string of the molecule is Cc1c(N)ccc(C=CCCBr)c1F. The number of hydrogen-bond donors (Lipinski definition) is 1. The lowest BCUT2D eigenvalue weighted by Gasteiger charge is -2.03. The fourth-order valence-corrected chi connectivity index (χ4v) is 1.39. The maximum atomic E-state index is 13.5. The third kappa shape index (κ3) is 2.58. The number of anilines is 1. The van der Waals surface area contributed by atoms with Gasteiger partial charge in [0.2, 0.25) is 0 Å². The zero-order valence-electron chi connectivity index (χ0n) is 8.06. The third-order valence-corrected chi connectivity index (χ3v) is 2.49. The zero-order chi connectivity index (χ0) is 10.6. The van der Waals surface area contributed by atoms with Gasteiger partial charge >= 0.3 is 0 Å². The van der Waals surface area contributed by atoms with Gasteiger partial charge in [0.15, 0.2) is 0 Å². The van der Waals surface area contributed by atoms with Crippen molar-refractivity contribution in [2.24, 2.45) is 0 Å². The van der Waals surface area contributed by atoms with E-state index in [-0.39, 0.29) is 5.82 Å². The number of halogens is 2. The molecule has 0 bridgehead atoms. The normalized spacial score (nSPS) is 11.1. The van der Waals surface area contributed by atoms with E-state index in [1.807, 2.05) is 6.08 Å². The summed E-state index contributed by atoms with van der Waals surface area (Å²) < 4.78 is 13.5. The largest absolute Gasteiger partial charge is 0.398 e. The van der Waals surface area contributed by atoms with Gasteiger partial charge in [-0.05, 0) is 25.5 Å². The van der Waals surface area contributed by atoms with Gasteiger partial charge in [0.1, 0.15) is 5.82 Å². The van der Waals surface area contributed by atoms with Gasteiger partial charge in [-0.15, -0.1) is 0 Å². The van der Waals surface area contributed by atoms with Gasteiger partial charge in [0.25, 0.3) is 0 Å². The summed E-state index contributed by atoms with van der Waals surface area (Å²) in [5.41, 5.74) is 7.19. The van der Waals surface area contributed by atoms with Crippen LogP contribution in [0, 0.1) is 12.7 Å². The van der Waals surface area contributed by atoms with Crippen molar-refractivity contribution in [3.63, 3.8) is 0 Å². The topological polar surface area (TPSA) is 26.0 Å². The minimum absolute atomic E-state index is 0.226. The molecule has 0 aliphatic rings. The van der Waals surface area contributed by atoms with Crippen LogP contribution in [0.4, 0.5) is 10.1 Å². The lowest BCUT2D eigenvalue weighted by molar-refractivity contribution is 0.616. The highest BCUT2D eigenvalue weighted by atomic mass is 79.9. The van der Waals surface area contributed by atoms with Gasteiger partial charge in [-0.2, -0.15) is 0 Å². The van der Waals surface area contributed by atoms with Crippen molar-refractivity contribution in [1.29, 1.82) is 0 Å². The Bertz CT molecular complexity index is 347. The van der Waals surface area contributed by atoms with Crippen LogP contribution in [0.5, 0.6) is 0 Å². The molecule has 0 spiro atoms. The maximum Gasteiger partial charge on any atom is 0.135 e. The molecule has 0 heterocycles. The Hall–Kier alpha value is -0.830. The minimum Gasteiger partial charge on any atom is -0.398 e. The fourth-order valence-electron chi connectivity index (χ4n) is 1.12. The average molecular weight is 258 g/mol. The molecule has 0 atom stereocenters. The predicted molar refractivity (Wildman–Crippen MR) is 63.0 cm³/mol. The number of nitrogen functional groups attached to an aromatic ring is 1. The molecular formula is C11H13BrFN. The van der Waals surface area contributed by atoms with Crippen LogP contribution in [0.2, 0.25) is 0 Å². The third-order valence-electron chi connectivity index (χ3n) is 2.03. The summed E-state index contributed by atoms with van der Waals surface area (Å²) in [7, 11) is 0. The summed E-state index contributed by atoms with van der Waals surface area (Å²) in [5.74, 6) is -0.226. The minimum atomic E-state index is -0.226. The van der Waals surface area contributed by atoms with Crippen LogP contribution in [0.25, 0.3) is 6.08 Å². The molecule has 14 heavy (non-hydrogen) atoms. The Morgan fingerprint density at radius 1 is 1.50 bits per heavy atom. The van der Waals surface area contributed by atoms with Gasteiger partial charge in [-0.1, -0.05) is 28.1 Å². The van der Waals surface area contributed by atoms with Crippen LogP contribution in [-0.4, -0.2) is 5.33 Å². The number of allylic oxidation sites excluding steroid dienone is 1. The van der Waals surface area contributed by atoms with Crippen molar-refractivity contribution in [1.82, 2.24) is 0 Å². The van der Waals surface area contributed by atoms with Crippen LogP contribution in [0.15, 0.2) is 18.2 Å². The first-order valence-corrected chi connectivity index (χ1v) is 5.56. The maximum absolute atomic E-state index is 13.5. The molecular weight excluding hydrogens is 245 g/mol. The Morgan fingerprint density at radius 2 is 2.21 bits per heavy atom. The Labute approximate surface area is 91.9 Å². The van der Waals surface area contributed by atoms with Gasteiger partial charge < -0.3 is 5.73 Å². The van der Waals surface area contributed by atoms with E-state index in [1.165, 1.54) is 0 Å². The first-order chi connectivity index (χ1) is 6.66. The molecule has 1 aromatic carbocycles. The van der Waals surface area contributed by atoms with E-state index in [1.54, 1.807) is 25.1 Å². The lowest BCUT2D eigenvalue weighted by Crippen LogP contribution is -1.94. The van der Waals surface area contributed by atoms with Crippen molar-refractivity contribution in [3.05, 3.63) is 35.2 Å². The molecule has 0 saturated heterocycles. The van der Waals surface area contributed by atoms with E-state index in [0.29, 0.717) is 16.8 Å². The number of benzene rings is 1.